The molecule has 0 aliphatic carbocycles. The van der Waals surface area contributed by atoms with Crippen LogP contribution in [0.2, 0.25) is 5.02 Å². The lowest BCUT2D eigenvalue weighted by atomic mass is 10.1. The highest BCUT2D eigenvalue weighted by Crippen LogP contribution is 2.31. The van der Waals surface area contributed by atoms with E-state index in [1.165, 1.54) is 12.3 Å². The lowest BCUT2D eigenvalue weighted by Gasteiger charge is -2.08. The van der Waals surface area contributed by atoms with Crippen LogP contribution in [0.25, 0.3) is 0 Å². The first-order valence-electron chi connectivity index (χ1n) is 5.85. The third-order valence-corrected chi connectivity index (χ3v) is 3.17. The fraction of sp³-hybridized carbons (Fsp3) is 0.0769. The number of halogens is 1. The number of nitro benzene ring substituents is 1. The van der Waals surface area contributed by atoms with Crippen LogP contribution in [-0.4, -0.2) is 15.8 Å². The first-order chi connectivity index (χ1) is 9.90. The van der Waals surface area contributed by atoms with Crippen LogP contribution in [0.15, 0.2) is 30.6 Å². The van der Waals surface area contributed by atoms with Gasteiger partial charge in [-0.3, -0.25) is 19.9 Å². The maximum absolute atomic E-state index is 12.1. The van der Waals surface area contributed by atoms with Gasteiger partial charge in [0.15, 0.2) is 0 Å². The number of carbonyl (C=O) groups excluding carboxylic acids is 1. The van der Waals surface area contributed by atoms with Crippen molar-refractivity contribution in [2.75, 3.05) is 11.1 Å². The summed E-state index contributed by atoms with van der Waals surface area (Å²) in [7, 11) is 0. The molecular formula is C13H11ClN4O3. The molecule has 1 heterocycles. The zero-order chi connectivity index (χ0) is 15.6. The van der Waals surface area contributed by atoms with Crippen LogP contribution < -0.4 is 11.1 Å². The van der Waals surface area contributed by atoms with Gasteiger partial charge in [0.1, 0.15) is 5.69 Å². The molecule has 0 aliphatic heterocycles. The molecule has 0 atom stereocenters. The minimum Gasteiger partial charge on any atom is -0.392 e. The Labute approximate surface area is 124 Å². The largest absolute Gasteiger partial charge is 0.392 e. The Kier molecular flexibility index (Phi) is 4.04. The first-order valence-corrected chi connectivity index (χ1v) is 6.23. The summed E-state index contributed by atoms with van der Waals surface area (Å²) in [6, 6.07) is 4.10. The Morgan fingerprint density at radius 2 is 2.19 bits per heavy atom. The van der Waals surface area contributed by atoms with Crippen LogP contribution in [0.1, 0.15) is 15.9 Å². The Morgan fingerprint density at radius 1 is 1.48 bits per heavy atom. The maximum Gasteiger partial charge on any atom is 0.294 e. The van der Waals surface area contributed by atoms with Crippen LogP contribution in [-0.2, 0) is 0 Å². The van der Waals surface area contributed by atoms with Gasteiger partial charge in [-0.25, -0.2) is 0 Å². The molecule has 3 N–H and O–H groups in total. The van der Waals surface area contributed by atoms with Crippen molar-refractivity contribution < 1.29 is 9.72 Å². The summed E-state index contributed by atoms with van der Waals surface area (Å²) in [5.41, 5.74) is 6.31. The number of nitrogen functional groups attached to an aromatic ring is 1. The molecule has 0 spiro atoms. The standard InChI is InChI=1S/C13H11ClN4O3/c1-7-2-3-16-6-10(7)17-13(19)8-4-9(14)12(15)11(5-8)18(20)21/h2-6H,15H2,1H3,(H,17,19). The molecule has 21 heavy (non-hydrogen) atoms. The molecule has 2 rings (SSSR count). The molecule has 0 radical (unpaired) electrons. The molecule has 1 aromatic carbocycles. The normalized spacial score (nSPS) is 10.2. The van der Waals surface area contributed by atoms with Crippen molar-refractivity contribution in [3.63, 3.8) is 0 Å². The van der Waals surface area contributed by atoms with Gasteiger partial charge in [-0.15, -0.1) is 0 Å². The van der Waals surface area contributed by atoms with Gasteiger partial charge in [0.25, 0.3) is 11.6 Å². The monoisotopic (exact) mass is 306 g/mol. The van der Waals surface area contributed by atoms with Crippen LogP contribution in [0, 0.1) is 17.0 Å². The summed E-state index contributed by atoms with van der Waals surface area (Å²) < 4.78 is 0. The van der Waals surface area contributed by atoms with Gasteiger partial charge in [-0.05, 0) is 24.6 Å². The summed E-state index contributed by atoms with van der Waals surface area (Å²) in [6.07, 6.45) is 3.08. The molecule has 0 aliphatic rings. The highest BCUT2D eigenvalue weighted by atomic mass is 35.5. The average molecular weight is 307 g/mol. The summed E-state index contributed by atoms with van der Waals surface area (Å²) in [4.78, 5) is 26.2. The van der Waals surface area contributed by atoms with E-state index < -0.39 is 16.5 Å². The van der Waals surface area contributed by atoms with Crippen LogP contribution in [0.4, 0.5) is 17.1 Å². The second-order valence-corrected chi connectivity index (χ2v) is 4.70. The number of hydrogen-bond acceptors (Lipinski definition) is 5. The number of aryl methyl sites for hydroxylation is 1. The number of benzene rings is 1. The van der Waals surface area contributed by atoms with E-state index in [4.69, 9.17) is 17.3 Å². The molecule has 0 saturated carbocycles. The Balaban J connectivity index is 2.36. The van der Waals surface area contributed by atoms with E-state index in [1.807, 2.05) is 0 Å². The SMILES string of the molecule is Cc1ccncc1NC(=O)c1cc(Cl)c(N)c([N+](=O)[O-])c1. The van der Waals surface area contributed by atoms with Gasteiger partial charge >= 0.3 is 0 Å². The van der Waals surface area contributed by atoms with E-state index in [1.54, 1.807) is 19.2 Å². The lowest BCUT2D eigenvalue weighted by Crippen LogP contribution is -2.13. The third-order valence-electron chi connectivity index (χ3n) is 2.85. The van der Waals surface area contributed by atoms with Gasteiger partial charge in [0.2, 0.25) is 0 Å². The number of anilines is 2. The van der Waals surface area contributed by atoms with E-state index in [2.05, 4.69) is 10.3 Å². The molecule has 0 unspecified atom stereocenters. The minimum absolute atomic E-state index is 0.0442. The summed E-state index contributed by atoms with van der Waals surface area (Å²) >= 11 is 5.82. The average Bonchev–Trinajstić information content (AvgIpc) is 2.43. The number of nitro groups is 1. The van der Waals surface area contributed by atoms with Crippen molar-refractivity contribution in [2.45, 2.75) is 6.92 Å². The second-order valence-electron chi connectivity index (χ2n) is 4.29. The van der Waals surface area contributed by atoms with Gasteiger partial charge in [-0.2, -0.15) is 0 Å². The zero-order valence-electron chi connectivity index (χ0n) is 11.0. The fourth-order valence-electron chi connectivity index (χ4n) is 1.67. The van der Waals surface area contributed by atoms with E-state index in [0.29, 0.717) is 5.69 Å². The Morgan fingerprint density at radius 3 is 2.81 bits per heavy atom. The smallest absolute Gasteiger partial charge is 0.294 e. The Hall–Kier alpha value is -2.67. The summed E-state index contributed by atoms with van der Waals surface area (Å²) in [5, 5.41) is 13.5. The molecule has 108 valence electrons. The molecule has 2 aromatic rings. The number of nitrogens with two attached hydrogens (primary N) is 1. The molecule has 1 amide bonds. The van der Waals surface area contributed by atoms with E-state index >= 15 is 0 Å². The predicted octanol–water partition coefficient (Wildman–Crippen LogP) is 2.79. The van der Waals surface area contributed by atoms with Crippen molar-refractivity contribution >= 4 is 34.6 Å². The van der Waals surface area contributed by atoms with Crippen molar-refractivity contribution in [3.05, 3.63) is 56.9 Å². The van der Waals surface area contributed by atoms with Crippen LogP contribution in [0.5, 0.6) is 0 Å². The minimum atomic E-state index is -0.687. The van der Waals surface area contributed by atoms with Crippen LogP contribution >= 0.6 is 11.6 Å². The first kappa shape index (κ1) is 14.7. The zero-order valence-corrected chi connectivity index (χ0v) is 11.7. The molecule has 7 nitrogen and oxygen atoms in total. The number of nitrogens with zero attached hydrogens (tertiary/aromatic N) is 2. The van der Waals surface area contributed by atoms with Crippen molar-refractivity contribution in [1.29, 1.82) is 0 Å². The van der Waals surface area contributed by atoms with Crippen molar-refractivity contribution in [1.82, 2.24) is 4.98 Å². The molecule has 0 fully saturated rings. The highest BCUT2D eigenvalue weighted by Gasteiger charge is 2.19. The number of aromatic nitrogens is 1. The number of carbonyl (C=O) groups is 1. The fourth-order valence-corrected chi connectivity index (χ4v) is 1.89. The van der Waals surface area contributed by atoms with E-state index in [-0.39, 0.29) is 16.3 Å². The van der Waals surface area contributed by atoms with Crippen LogP contribution in [0.3, 0.4) is 0 Å². The molecule has 1 aromatic heterocycles. The van der Waals surface area contributed by atoms with E-state index in [9.17, 15) is 14.9 Å². The topological polar surface area (TPSA) is 111 Å². The highest BCUT2D eigenvalue weighted by molar-refractivity contribution is 6.34. The number of hydrogen-bond donors (Lipinski definition) is 2. The molecule has 0 bridgehead atoms. The second kappa shape index (κ2) is 5.76. The third kappa shape index (κ3) is 3.09. The van der Waals surface area contributed by atoms with Gasteiger partial charge in [0, 0.05) is 17.8 Å². The predicted molar refractivity (Wildman–Crippen MR) is 79.4 cm³/mol. The Bertz CT molecular complexity index is 733. The molecular weight excluding hydrogens is 296 g/mol. The maximum atomic E-state index is 12.1. The quantitative estimate of drug-likeness (QED) is 0.514. The van der Waals surface area contributed by atoms with Gasteiger partial charge < -0.3 is 11.1 Å². The summed E-state index contributed by atoms with van der Waals surface area (Å²) in [5.74, 6) is -0.531. The number of rotatable bonds is 3. The number of pyridine rings is 1. The number of nitrogens with one attached hydrogen (secondary N) is 1. The van der Waals surface area contributed by atoms with E-state index in [0.717, 1.165) is 11.6 Å². The van der Waals surface area contributed by atoms with Crippen molar-refractivity contribution in [3.8, 4) is 0 Å². The van der Waals surface area contributed by atoms with Gasteiger partial charge in [0.05, 0.1) is 21.8 Å². The summed E-state index contributed by atoms with van der Waals surface area (Å²) in [6.45, 7) is 1.80. The van der Waals surface area contributed by atoms with Gasteiger partial charge in [-0.1, -0.05) is 11.6 Å². The number of amides is 1. The van der Waals surface area contributed by atoms with Crippen molar-refractivity contribution in [2.24, 2.45) is 0 Å². The molecule has 8 heteroatoms. The molecule has 0 saturated heterocycles. The lowest BCUT2D eigenvalue weighted by molar-refractivity contribution is -0.383.